The third-order valence-electron chi connectivity index (χ3n) is 4.38. The van der Waals surface area contributed by atoms with Crippen molar-refractivity contribution < 1.29 is 9.90 Å². The van der Waals surface area contributed by atoms with E-state index in [-0.39, 0.29) is 5.56 Å². The molecule has 0 spiro atoms. The van der Waals surface area contributed by atoms with Crippen molar-refractivity contribution in [2.24, 2.45) is 0 Å². The van der Waals surface area contributed by atoms with Gasteiger partial charge in [-0.25, -0.2) is 4.79 Å². The summed E-state index contributed by atoms with van der Waals surface area (Å²) >= 11 is 0. The number of nitrogens with zero attached hydrogens (tertiary/aromatic N) is 1. The van der Waals surface area contributed by atoms with Gasteiger partial charge in [0.25, 0.3) is 0 Å². The summed E-state index contributed by atoms with van der Waals surface area (Å²) in [6.07, 6.45) is 0. The molecule has 1 N–H and O–H groups in total. The van der Waals surface area contributed by atoms with Crippen LogP contribution < -0.4 is 0 Å². The van der Waals surface area contributed by atoms with E-state index in [1.54, 1.807) is 18.2 Å². The van der Waals surface area contributed by atoms with Gasteiger partial charge in [-0.1, -0.05) is 48.5 Å². The van der Waals surface area contributed by atoms with Gasteiger partial charge in [-0.2, -0.15) is 0 Å². The highest BCUT2D eigenvalue weighted by Gasteiger charge is 2.14. The first kappa shape index (κ1) is 15.2. The van der Waals surface area contributed by atoms with Crippen LogP contribution in [0, 0.1) is 6.92 Å². The van der Waals surface area contributed by atoms with E-state index in [9.17, 15) is 9.90 Å². The highest BCUT2D eigenvalue weighted by Crippen LogP contribution is 2.32. The fourth-order valence-corrected chi connectivity index (χ4v) is 3.19. The van der Waals surface area contributed by atoms with Crippen LogP contribution in [0.4, 0.5) is 0 Å². The topological polar surface area (TPSA) is 42.2 Å². The van der Waals surface area contributed by atoms with Crippen molar-refractivity contribution in [1.82, 2.24) is 4.57 Å². The molecule has 0 aliphatic rings. The molecule has 0 radical (unpaired) electrons. The Morgan fingerprint density at radius 3 is 2.44 bits per heavy atom. The van der Waals surface area contributed by atoms with Crippen molar-refractivity contribution in [1.29, 1.82) is 0 Å². The molecule has 0 unspecified atom stereocenters. The summed E-state index contributed by atoms with van der Waals surface area (Å²) < 4.78 is 2.13. The highest BCUT2D eigenvalue weighted by atomic mass is 16.4. The molecule has 0 aliphatic carbocycles. The largest absolute Gasteiger partial charge is 0.478 e. The number of hydrogen-bond donors (Lipinski definition) is 1. The Morgan fingerprint density at radius 1 is 0.880 bits per heavy atom. The van der Waals surface area contributed by atoms with Gasteiger partial charge in [0.1, 0.15) is 0 Å². The summed E-state index contributed by atoms with van der Waals surface area (Å²) in [7, 11) is 0. The maximum absolute atomic E-state index is 11.4. The number of hydrogen-bond acceptors (Lipinski definition) is 1. The maximum atomic E-state index is 11.4. The Labute approximate surface area is 145 Å². The first-order valence-electron chi connectivity index (χ1n) is 8.15. The number of rotatable bonds is 3. The monoisotopic (exact) mass is 327 g/mol. The molecule has 4 aromatic rings. The number of aromatic carboxylic acids is 1. The number of carboxylic acid groups (broad SMARTS) is 1. The third-order valence-corrected chi connectivity index (χ3v) is 4.38. The Bertz CT molecular complexity index is 1080. The van der Waals surface area contributed by atoms with E-state index in [1.807, 2.05) is 24.3 Å². The predicted molar refractivity (Wildman–Crippen MR) is 100 cm³/mol. The van der Waals surface area contributed by atoms with E-state index in [2.05, 4.69) is 47.9 Å². The number of fused-ring (bicyclic) bond motifs is 1. The molecule has 1 aromatic heterocycles. The lowest BCUT2D eigenvalue weighted by Crippen LogP contribution is -2.01. The molecule has 3 heteroatoms. The zero-order valence-electron chi connectivity index (χ0n) is 13.8. The molecule has 122 valence electrons. The summed E-state index contributed by atoms with van der Waals surface area (Å²) in [5.74, 6) is -0.921. The van der Waals surface area contributed by atoms with Crippen molar-refractivity contribution >= 4 is 16.9 Å². The van der Waals surface area contributed by atoms with Crippen LogP contribution in [0.1, 0.15) is 15.9 Å². The molecular formula is C22H17NO2. The lowest BCUT2D eigenvalue weighted by Gasteiger charge is -2.12. The quantitative estimate of drug-likeness (QED) is 0.554. The van der Waals surface area contributed by atoms with Crippen molar-refractivity contribution in [3.63, 3.8) is 0 Å². The molecule has 0 saturated carbocycles. The molecule has 0 atom stereocenters. The average Bonchev–Trinajstić information content (AvgIpc) is 3.01. The number of benzene rings is 3. The predicted octanol–water partition coefficient (Wildman–Crippen LogP) is 5.30. The van der Waals surface area contributed by atoms with Crippen molar-refractivity contribution in [2.75, 3.05) is 0 Å². The minimum absolute atomic E-state index is 0.283. The van der Waals surface area contributed by atoms with Gasteiger partial charge in [0.2, 0.25) is 0 Å². The van der Waals surface area contributed by atoms with Gasteiger partial charge in [0.05, 0.1) is 16.8 Å². The van der Waals surface area contributed by atoms with Crippen LogP contribution in [-0.2, 0) is 0 Å². The van der Waals surface area contributed by atoms with Gasteiger partial charge in [-0.15, -0.1) is 0 Å². The highest BCUT2D eigenvalue weighted by molar-refractivity contribution is 5.91. The van der Waals surface area contributed by atoms with Crippen LogP contribution in [0.15, 0.2) is 78.9 Å². The van der Waals surface area contributed by atoms with E-state index in [1.165, 1.54) is 5.56 Å². The molecule has 0 fully saturated rings. The molecule has 1 heterocycles. The van der Waals surface area contributed by atoms with Gasteiger partial charge < -0.3 is 9.67 Å². The molecule has 3 nitrogen and oxygen atoms in total. The van der Waals surface area contributed by atoms with Crippen molar-refractivity contribution in [3.05, 3.63) is 90.0 Å². The molecular weight excluding hydrogens is 310 g/mol. The Hall–Kier alpha value is -3.33. The first-order chi connectivity index (χ1) is 12.1. The summed E-state index contributed by atoms with van der Waals surface area (Å²) in [4.78, 5) is 11.4. The van der Waals surface area contributed by atoms with E-state index < -0.39 is 5.97 Å². The van der Waals surface area contributed by atoms with Gasteiger partial charge in [0.15, 0.2) is 0 Å². The molecule has 3 aromatic carbocycles. The standard InChI is InChI=1S/C22H17NO2/c1-15-10-11-17-14-21(16-6-3-2-4-7-16)23(20(17)12-15)19-9-5-8-18(13-19)22(24)25/h2-14H,1H3,(H,24,25). The maximum Gasteiger partial charge on any atom is 0.335 e. The normalized spacial score (nSPS) is 10.9. The summed E-state index contributed by atoms with van der Waals surface area (Å²) in [6, 6.07) is 25.7. The Balaban J connectivity index is 2.05. The zero-order valence-corrected chi connectivity index (χ0v) is 13.8. The molecule has 4 rings (SSSR count). The summed E-state index contributed by atoms with van der Waals surface area (Å²) in [6.45, 7) is 2.06. The number of aromatic nitrogens is 1. The zero-order chi connectivity index (χ0) is 17.4. The van der Waals surface area contributed by atoms with E-state index >= 15 is 0 Å². The second-order valence-corrected chi connectivity index (χ2v) is 6.15. The number of aryl methyl sites for hydroxylation is 1. The third kappa shape index (κ3) is 2.70. The molecule has 25 heavy (non-hydrogen) atoms. The summed E-state index contributed by atoms with van der Waals surface area (Å²) in [5.41, 5.74) is 5.51. The second-order valence-electron chi connectivity index (χ2n) is 6.15. The fraction of sp³-hybridized carbons (Fsp3) is 0.0455. The van der Waals surface area contributed by atoms with Gasteiger partial charge in [-0.05, 0) is 48.4 Å². The van der Waals surface area contributed by atoms with Crippen molar-refractivity contribution in [2.45, 2.75) is 6.92 Å². The minimum Gasteiger partial charge on any atom is -0.478 e. The van der Waals surface area contributed by atoms with Crippen LogP contribution in [0.5, 0.6) is 0 Å². The fourth-order valence-electron chi connectivity index (χ4n) is 3.19. The van der Waals surface area contributed by atoms with E-state index in [0.717, 1.165) is 27.8 Å². The summed E-state index contributed by atoms with van der Waals surface area (Å²) in [5, 5.41) is 10.5. The van der Waals surface area contributed by atoms with Crippen LogP contribution in [0.3, 0.4) is 0 Å². The first-order valence-corrected chi connectivity index (χ1v) is 8.15. The molecule has 0 amide bonds. The van der Waals surface area contributed by atoms with Crippen molar-refractivity contribution in [3.8, 4) is 16.9 Å². The van der Waals surface area contributed by atoms with Crippen LogP contribution in [0.25, 0.3) is 27.8 Å². The average molecular weight is 327 g/mol. The van der Waals surface area contributed by atoms with Gasteiger partial charge in [0, 0.05) is 11.1 Å². The SMILES string of the molecule is Cc1ccc2cc(-c3ccccc3)n(-c3cccc(C(=O)O)c3)c2c1. The van der Waals surface area contributed by atoms with E-state index in [0.29, 0.717) is 0 Å². The Morgan fingerprint density at radius 2 is 1.68 bits per heavy atom. The molecule has 0 aliphatic heterocycles. The van der Waals surface area contributed by atoms with Gasteiger partial charge in [-0.3, -0.25) is 0 Å². The second kappa shape index (κ2) is 5.95. The smallest absolute Gasteiger partial charge is 0.335 e. The Kier molecular flexibility index (Phi) is 3.62. The lowest BCUT2D eigenvalue weighted by atomic mass is 10.1. The van der Waals surface area contributed by atoms with Gasteiger partial charge >= 0.3 is 5.97 Å². The van der Waals surface area contributed by atoms with Crippen LogP contribution >= 0.6 is 0 Å². The number of carboxylic acids is 1. The van der Waals surface area contributed by atoms with Crippen LogP contribution in [0.2, 0.25) is 0 Å². The van der Waals surface area contributed by atoms with E-state index in [4.69, 9.17) is 0 Å². The lowest BCUT2D eigenvalue weighted by molar-refractivity contribution is 0.0697. The molecule has 0 saturated heterocycles. The minimum atomic E-state index is -0.921. The molecule has 0 bridgehead atoms. The van der Waals surface area contributed by atoms with Crippen LogP contribution in [-0.4, -0.2) is 15.6 Å². The number of carbonyl (C=O) groups is 1.